The van der Waals surface area contributed by atoms with Gasteiger partial charge in [0.2, 0.25) is 5.82 Å². The van der Waals surface area contributed by atoms with Crippen molar-refractivity contribution >= 4 is 18.4 Å². The zero-order valence-electron chi connectivity index (χ0n) is 19.2. The molecule has 0 fully saturated rings. The lowest BCUT2D eigenvalue weighted by Crippen LogP contribution is -2.32. The maximum atomic E-state index is 10.8. The summed E-state index contributed by atoms with van der Waals surface area (Å²) >= 11 is 0. The van der Waals surface area contributed by atoms with E-state index in [9.17, 15) is 10.1 Å². The number of halogens is 1. The van der Waals surface area contributed by atoms with Crippen molar-refractivity contribution in [1.29, 1.82) is 5.26 Å². The van der Waals surface area contributed by atoms with Crippen molar-refractivity contribution in [2.45, 2.75) is 45.8 Å². The van der Waals surface area contributed by atoms with Gasteiger partial charge < -0.3 is 14.4 Å². The topological polar surface area (TPSA) is 112 Å². The third-order valence-corrected chi connectivity index (χ3v) is 5.59. The van der Waals surface area contributed by atoms with Gasteiger partial charge in [-0.3, -0.25) is 9.69 Å². The van der Waals surface area contributed by atoms with Crippen LogP contribution in [0, 0.1) is 11.3 Å². The van der Waals surface area contributed by atoms with Gasteiger partial charge in [0, 0.05) is 30.6 Å². The van der Waals surface area contributed by atoms with Crippen LogP contribution in [-0.4, -0.2) is 45.3 Å². The maximum Gasteiger partial charge on any atom is 0.303 e. The lowest BCUT2D eigenvalue weighted by molar-refractivity contribution is -0.137. The number of hydrogen-bond acceptors (Lipinski definition) is 7. The van der Waals surface area contributed by atoms with E-state index in [-0.39, 0.29) is 24.9 Å². The van der Waals surface area contributed by atoms with Gasteiger partial charge in [-0.25, -0.2) is 0 Å². The molecule has 1 N–H and O–H groups in total. The summed E-state index contributed by atoms with van der Waals surface area (Å²) in [6.07, 6.45) is 1.63. The maximum absolute atomic E-state index is 10.8. The first kappa shape index (κ1) is 25.2. The van der Waals surface area contributed by atoms with Crippen LogP contribution in [0.2, 0.25) is 0 Å². The first-order valence-corrected chi connectivity index (χ1v) is 11.0. The van der Waals surface area contributed by atoms with E-state index in [1.54, 1.807) is 12.1 Å². The Kier molecular flexibility index (Phi) is 8.26. The lowest BCUT2D eigenvalue weighted by atomic mass is 9.94. The predicted molar refractivity (Wildman–Crippen MR) is 129 cm³/mol. The van der Waals surface area contributed by atoms with Crippen molar-refractivity contribution in [1.82, 2.24) is 15.0 Å². The summed E-state index contributed by atoms with van der Waals surface area (Å²) < 4.78 is 11.2. The highest BCUT2D eigenvalue weighted by Crippen LogP contribution is 2.31. The Hall–Kier alpha value is -3.41. The van der Waals surface area contributed by atoms with Gasteiger partial charge in [-0.15, -0.1) is 12.4 Å². The summed E-state index contributed by atoms with van der Waals surface area (Å²) in [5.41, 5.74) is 4.41. The number of nitrogens with zero attached hydrogens (tertiary/aromatic N) is 4. The number of ether oxygens (including phenoxy) is 1. The number of aliphatic carboxylic acids is 1. The summed E-state index contributed by atoms with van der Waals surface area (Å²) in [6.45, 7) is 6.22. The van der Waals surface area contributed by atoms with E-state index in [0.717, 1.165) is 31.6 Å². The summed E-state index contributed by atoms with van der Waals surface area (Å²) in [6, 6.07) is 13.5. The average Bonchev–Trinajstić information content (AvgIpc) is 3.28. The van der Waals surface area contributed by atoms with Crippen LogP contribution in [0.1, 0.15) is 43.4 Å². The van der Waals surface area contributed by atoms with Crippen LogP contribution >= 0.6 is 12.4 Å². The van der Waals surface area contributed by atoms with E-state index in [1.165, 1.54) is 11.1 Å². The van der Waals surface area contributed by atoms with E-state index >= 15 is 0 Å². The predicted octanol–water partition coefficient (Wildman–Crippen LogP) is 4.71. The molecule has 0 saturated carbocycles. The van der Waals surface area contributed by atoms with Crippen molar-refractivity contribution in [3.05, 3.63) is 53.1 Å². The van der Waals surface area contributed by atoms with E-state index in [4.69, 9.17) is 14.4 Å². The number of carboxylic acids is 1. The number of benzene rings is 2. The smallest absolute Gasteiger partial charge is 0.303 e. The average molecular weight is 483 g/mol. The quantitative estimate of drug-likeness (QED) is 0.491. The molecule has 34 heavy (non-hydrogen) atoms. The zero-order valence-corrected chi connectivity index (χ0v) is 20.0. The van der Waals surface area contributed by atoms with Gasteiger partial charge in [0.1, 0.15) is 11.8 Å². The third kappa shape index (κ3) is 5.74. The fourth-order valence-electron chi connectivity index (χ4n) is 4.08. The van der Waals surface area contributed by atoms with E-state index in [2.05, 4.69) is 27.2 Å². The van der Waals surface area contributed by atoms with Crippen LogP contribution in [0.25, 0.3) is 22.8 Å². The fourth-order valence-corrected chi connectivity index (χ4v) is 4.08. The largest absolute Gasteiger partial charge is 0.490 e. The highest BCUT2D eigenvalue weighted by atomic mass is 35.5. The molecule has 0 amide bonds. The second-order valence-corrected chi connectivity index (χ2v) is 8.38. The Morgan fingerprint density at radius 1 is 1.32 bits per heavy atom. The van der Waals surface area contributed by atoms with Gasteiger partial charge in [0.25, 0.3) is 5.89 Å². The number of carboxylic acid groups (broad SMARTS) is 1. The van der Waals surface area contributed by atoms with Crippen LogP contribution in [0.5, 0.6) is 5.75 Å². The van der Waals surface area contributed by atoms with Gasteiger partial charge >= 0.3 is 5.97 Å². The van der Waals surface area contributed by atoms with Crippen molar-refractivity contribution in [3.8, 4) is 34.7 Å². The number of fused-ring (bicyclic) bond motifs is 1. The highest BCUT2D eigenvalue weighted by molar-refractivity contribution is 5.85. The minimum absolute atomic E-state index is 0. The molecule has 0 atom stereocenters. The SMILES string of the molecule is CC(C)Oc1ccc(-c2nc(-c3cccc4c3CCN(CCCC(=O)O)C4)no2)cc1C#N.Cl. The standard InChI is InChI=1S/C25H26N4O4.ClH/c1-16(2)32-22-9-8-17(13-19(22)14-26)25-27-24(28-33-25)21-6-3-5-18-15-29(12-10-20(18)21)11-4-7-23(30)31;/h3,5-6,8-9,13,16H,4,7,10-12,15H2,1-2H3,(H,30,31);1H. The number of rotatable bonds is 8. The Morgan fingerprint density at radius 3 is 2.88 bits per heavy atom. The van der Waals surface area contributed by atoms with Gasteiger partial charge in [0.05, 0.1) is 11.7 Å². The summed E-state index contributed by atoms with van der Waals surface area (Å²) in [4.78, 5) is 17.7. The Morgan fingerprint density at radius 2 is 2.15 bits per heavy atom. The molecule has 3 aromatic rings. The highest BCUT2D eigenvalue weighted by Gasteiger charge is 2.22. The number of nitriles is 1. The van der Waals surface area contributed by atoms with Gasteiger partial charge in [0.15, 0.2) is 0 Å². The number of carbonyl (C=O) groups is 1. The minimum Gasteiger partial charge on any atom is -0.490 e. The molecule has 0 spiro atoms. The first-order valence-electron chi connectivity index (χ1n) is 11.0. The molecular formula is C25H27ClN4O4. The number of aromatic nitrogens is 2. The first-order chi connectivity index (χ1) is 15.9. The molecule has 2 aromatic carbocycles. The van der Waals surface area contributed by atoms with E-state index in [1.807, 2.05) is 32.0 Å². The van der Waals surface area contributed by atoms with Crippen LogP contribution < -0.4 is 4.74 Å². The minimum atomic E-state index is -0.758. The molecule has 9 heteroatoms. The van der Waals surface area contributed by atoms with Gasteiger partial charge in [-0.05, 0) is 62.6 Å². The molecule has 2 heterocycles. The molecule has 1 aliphatic rings. The third-order valence-electron chi connectivity index (χ3n) is 5.59. The Labute approximate surface area is 204 Å². The van der Waals surface area contributed by atoms with E-state index in [0.29, 0.717) is 35.0 Å². The molecule has 4 rings (SSSR count). The van der Waals surface area contributed by atoms with Crippen LogP contribution in [0.4, 0.5) is 0 Å². The molecule has 0 saturated heterocycles. The van der Waals surface area contributed by atoms with Gasteiger partial charge in [-0.2, -0.15) is 10.2 Å². The summed E-state index contributed by atoms with van der Waals surface area (Å²) in [7, 11) is 0. The van der Waals surface area contributed by atoms with Crippen molar-refractivity contribution in [2.24, 2.45) is 0 Å². The van der Waals surface area contributed by atoms with Crippen LogP contribution in [0.15, 0.2) is 40.9 Å². The molecule has 0 aliphatic carbocycles. The van der Waals surface area contributed by atoms with E-state index < -0.39 is 5.97 Å². The molecule has 178 valence electrons. The van der Waals surface area contributed by atoms with Crippen LogP contribution in [-0.2, 0) is 17.8 Å². The molecule has 0 bridgehead atoms. The molecule has 0 radical (unpaired) electrons. The van der Waals surface area contributed by atoms with Crippen molar-refractivity contribution in [3.63, 3.8) is 0 Å². The van der Waals surface area contributed by atoms with Crippen molar-refractivity contribution in [2.75, 3.05) is 13.1 Å². The summed E-state index contributed by atoms with van der Waals surface area (Å²) in [5, 5.41) is 22.6. The second-order valence-electron chi connectivity index (χ2n) is 8.38. The monoisotopic (exact) mass is 482 g/mol. The van der Waals surface area contributed by atoms with Crippen molar-refractivity contribution < 1.29 is 19.2 Å². The molecule has 1 aromatic heterocycles. The molecule has 0 unspecified atom stereocenters. The Balaban J connectivity index is 0.00000324. The summed E-state index contributed by atoms with van der Waals surface area (Å²) in [5.74, 6) is 0.635. The van der Waals surface area contributed by atoms with Crippen LogP contribution in [0.3, 0.4) is 0 Å². The Bertz CT molecular complexity index is 1200. The normalized spacial score (nSPS) is 13.1. The fraction of sp³-hybridized carbons (Fsp3) is 0.360. The zero-order chi connectivity index (χ0) is 23.4. The lowest BCUT2D eigenvalue weighted by Gasteiger charge is -2.29. The number of hydrogen-bond donors (Lipinski definition) is 1. The second kappa shape index (κ2) is 11.1. The molecule has 1 aliphatic heterocycles. The van der Waals surface area contributed by atoms with Gasteiger partial charge in [-0.1, -0.05) is 23.4 Å². The molecule has 8 nitrogen and oxygen atoms in total. The molecular weight excluding hydrogens is 456 g/mol.